The molecule has 1 heterocycles. The molecule has 1 aromatic rings. The lowest BCUT2D eigenvalue weighted by molar-refractivity contribution is -0.143. The Balaban J connectivity index is 1.98. The summed E-state index contributed by atoms with van der Waals surface area (Å²) in [5.41, 5.74) is -0.495. The minimum absolute atomic E-state index is 0.0163. The van der Waals surface area contributed by atoms with Crippen LogP contribution in [0.15, 0.2) is 18.2 Å². The second-order valence-electron chi connectivity index (χ2n) is 5.98. The van der Waals surface area contributed by atoms with Gasteiger partial charge in [0.15, 0.2) is 6.04 Å². The summed E-state index contributed by atoms with van der Waals surface area (Å²) in [4.78, 5) is 26.0. The van der Waals surface area contributed by atoms with E-state index >= 15 is 0 Å². The fourth-order valence-electron chi connectivity index (χ4n) is 3.43. The van der Waals surface area contributed by atoms with Crippen molar-refractivity contribution in [1.29, 1.82) is 0 Å². The quantitative estimate of drug-likeness (QED) is 0.878. The number of hydrogen-bond donors (Lipinski definition) is 1. The number of carboxylic acids is 1. The van der Waals surface area contributed by atoms with Crippen LogP contribution in [0.2, 0.25) is 10.0 Å². The van der Waals surface area contributed by atoms with E-state index in [4.69, 9.17) is 27.9 Å². The monoisotopic (exact) mass is 357 g/mol. The molecule has 1 saturated heterocycles. The summed E-state index contributed by atoms with van der Waals surface area (Å²) in [6.07, 6.45) is 4.21. The van der Waals surface area contributed by atoms with Gasteiger partial charge in [-0.25, -0.2) is 4.79 Å². The number of amides is 1. The van der Waals surface area contributed by atoms with Gasteiger partial charge < -0.3 is 9.84 Å². The molecule has 2 fully saturated rings. The molecule has 1 aliphatic heterocycles. The van der Waals surface area contributed by atoms with Gasteiger partial charge in [-0.1, -0.05) is 29.6 Å². The van der Waals surface area contributed by atoms with Crippen LogP contribution in [0, 0.1) is 0 Å². The Morgan fingerprint density at radius 3 is 2.48 bits per heavy atom. The molecule has 1 aromatic carbocycles. The number of aliphatic carboxylic acids is 1. The van der Waals surface area contributed by atoms with Gasteiger partial charge in [0.05, 0.1) is 16.7 Å². The lowest BCUT2D eigenvalue weighted by Gasteiger charge is -2.41. The molecule has 0 aromatic heterocycles. The molecule has 2 aliphatic rings. The minimum atomic E-state index is -1.05. The van der Waals surface area contributed by atoms with Gasteiger partial charge in [0.25, 0.3) is 5.91 Å². The van der Waals surface area contributed by atoms with Crippen molar-refractivity contribution in [2.45, 2.75) is 43.9 Å². The summed E-state index contributed by atoms with van der Waals surface area (Å²) >= 11 is 11.9. The first-order chi connectivity index (χ1) is 10.9. The maximum absolute atomic E-state index is 13.0. The van der Waals surface area contributed by atoms with E-state index in [0.29, 0.717) is 23.4 Å². The van der Waals surface area contributed by atoms with E-state index in [2.05, 4.69) is 0 Å². The van der Waals surface area contributed by atoms with Gasteiger partial charge in [-0.3, -0.25) is 9.69 Å². The molecule has 1 saturated carbocycles. The highest BCUT2D eigenvalue weighted by Gasteiger charge is 2.53. The van der Waals surface area contributed by atoms with Crippen molar-refractivity contribution in [1.82, 2.24) is 4.90 Å². The van der Waals surface area contributed by atoms with E-state index in [0.717, 1.165) is 19.3 Å². The number of halogens is 2. The summed E-state index contributed by atoms with van der Waals surface area (Å²) in [6, 6.07) is 3.59. The SMILES string of the molecule is O=C(O)C1COC2(CCCCC2)N1C(=O)c1ccc(Cl)c(Cl)c1. The van der Waals surface area contributed by atoms with E-state index in [1.165, 1.54) is 17.0 Å². The van der Waals surface area contributed by atoms with Crippen molar-refractivity contribution in [2.75, 3.05) is 6.61 Å². The summed E-state index contributed by atoms with van der Waals surface area (Å²) < 4.78 is 5.83. The first-order valence-corrected chi connectivity index (χ1v) is 8.36. The van der Waals surface area contributed by atoms with Gasteiger partial charge in [-0.05, 0) is 43.9 Å². The largest absolute Gasteiger partial charge is 0.480 e. The van der Waals surface area contributed by atoms with Crippen molar-refractivity contribution >= 4 is 35.1 Å². The Morgan fingerprint density at radius 2 is 1.87 bits per heavy atom. The maximum atomic E-state index is 13.0. The lowest BCUT2D eigenvalue weighted by Crippen LogP contribution is -2.54. The molecule has 7 heteroatoms. The first-order valence-electron chi connectivity index (χ1n) is 7.60. The van der Waals surface area contributed by atoms with Crippen LogP contribution in [0.5, 0.6) is 0 Å². The molecule has 1 aliphatic carbocycles. The molecular formula is C16H17Cl2NO4. The average Bonchev–Trinajstić information content (AvgIpc) is 2.89. The molecule has 3 rings (SSSR count). The fourth-order valence-corrected chi connectivity index (χ4v) is 3.73. The van der Waals surface area contributed by atoms with E-state index in [9.17, 15) is 14.7 Å². The maximum Gasteiger partial charge on any atom is 0.328 e. The number of carbonyl (C=O) groups is 2. The van der Waals surface area contributed by atoms with E-state index in [1.54, 1.807) is 6.07 Å². The normalized spacial score (nSPS) is 23.2. The molecule has 124 valence electrons. The van der Waals surface area contributed by atoms with Crippen LogP contribution in [0.3, 0.4) is 0 Å². The average molecular weight is 358 g/mol. The molecule has 1 atom stereocenters. The van der Waals surface area contributed by atoms with E-state index in [1.807, 2.05) is 0 Å². The van der Waals surface area contributed by atoms with E-state index < -0.39 is 17.7 Å². The highest BCUT2D eigenvalue weighted by molar-refractivity contribution is 6.42. The zero-order valence-corrected chi connectivity index (χ0v) is 13.9. The zero-order chi connectivity index (χ0) is 16.6. The Kier molecular flexibility index (Phi) is 4.54. The molecule has 1 spiro atoms. The third-order valence-corrected chi connectivity index (χ3v) is 5.30. The highest BCUT2D eigenvalue weighted by Crippen LogP contribution is 2.41. The Morgan fingerprint density at radius 1 is 1.17 bits per heavy atom. The molecule has 1 amide bonds. The number of ether oxygens (including phenoxy) is 1. The Labute approximate surface area is 144 Å². The summed E-state index contributed by atoms with van der Waals surface area (Å²) in [7, 11) is 0. The number of nitrogens with zero attached hydrogens (tertiary/aromatic N) is 1. The molecule has 23 heavy (non-hydrogen) atoms. The lowest BCUT2D eigenvalue weighted by atomic mass is 9.89. The van der Waals surface area contributed by atoms with Crippen LogP contribution in [-0.4, -0.2) is 40.3 Å². The molecule has 0 bridgehead atoms. The molecule has 0 radical (unpaired) electrons. The van der Waals surface area contributed by atoms with Crippen LogP contribution in [0.4, 0.5) is 0 Å². The third kappa shape index (κ3) is 2.93. The van der Waals surface area contributed by atoms with Gasteiger partial charge in [0.1, 0.15) is 5.72 Å². The van der Waals surface area contributed by atoms with Crippen LogP contribution in [0.1, 0.15) is 42.5 Å². The Bertz CT molecular complexity index is 643. The number of carbonyl (C=O) groups excluding carboxylic acids is 1. The topological polar surface area (TPSA) is 66.8 Å². The van der Waals surface area contributed by atoms with Crippen molar-refractivity contribution in [3.8, 4) is 0 Å². The minimum Gasteiger partial charge on any atom is -0.480 e. The van der Waals surface area contributed by atoms with Crippen molar-refractivity contribution in [2.24, 2.45) is 0 Å². The second-order valence-corrected chi connectivity index (χ2v) is 6.79. The second kappa shape index (κ2) is 6.30. The predicted octanol–water partition coefficient (Wildman–Crippen LogP) is 3.58. The van der Waals surface area contributed by atoms with E-state index in [-0.39, 0.29) is 17.5 Å². The number of rotatable bonds is 2. The van der Waals surface area contributed by atoms with Gasteiger partial charge in [0.2, 0.25) is 0 Å². The summed E-state index contributed by atoms with van der Waals surface area (Å²) in [6.45, 7) is 0.0163. The van der Waals surface area contributed by atoms with Crippen molar-refractivity contribution < 1.29 is 19.4 Å². The predicted molar refractivity (Wildman–Crippen MR) is 85.8 cm³/mol. The smallest absolute Gasteiger partial charge is 0.328 e. The summed E-state index contributed by atoms with van der Waals surface area (Å²) in [5.74, 6) is -1.43. The van der Waals surface area contributed by atoms with Crippen LogP contribution in [0.25, 0.3) is 0 Å². The van der Waals surface area contributed by atoms with Gasteiger partial charge in [-0.15, -0.1) is 0 Å². The zero-order valence-electron chi connectivity index (χ0n) is 12.4. The Hall–Kier alpha value is -1.30. The van der Waals surface area contributed by atoms with Crippen molar-refractivity contribution in [3.05, 3.63) is 33.8 Å². The van der Waals surface area contributed by atoms with Gasteiger partial charge >= 0.3 is 5.97 Å². The molecule has 1 unspecified atom stereocenters. The summed E-state index contributed by atoms with van der Waals surface area (Å²) in [5, 5.41) is 10.1. The first kappa shape index (κ1) is 16.6. The number of carboxylic acid groups (broad SMARTS) is 1. The number of hydrogen-bond acceptors (Lipinski definition) is 3. The number of benzene rings is 1. The highest BCUT2D eigenvalue weighted by atomic mass is 35.5. The van der Waals surface area contributed by atoms with Crippen LogP contribution >= 0.6 is 23.2 Å². The van der Waals surface area contributed by atoms with Crippen LogP contribution < -0.4 is 0 Å². The standard InChI is InChI=1S/C16H17Cl2NO4/c17-11-5-4-10(8-12(11)18)14(20)19-13(15(21)22)9-23-16(19)6-2-1-3-7-16/h4-5,8,13H,1-3,6-7,9H2,(H,21,22). The molecule has 5 nitrogen and oxygen atoms in total. The van der Waals surface area contributed by atoms with Gasteiger partial charge in [-0.2, -0.15) is 0 Å². The van der Waals surface area contributed by atoms with Gasteiger partial charge in [0, 0.05) is 5.56 Å². The molecular weight excluding hydrogens is 341 g/mol. The van der Waals surface area contributed by atoms with Crippen LogP contribution in [-0.2, 0) is 9.53 Å². The third-order valence-electron chi connectivity index (χ3n) is 4.57. The fraction of sp³-hybridized carbons (Fsp3) is 0.500. The molecule has 1 N–H and O–H groups in total. The van der Waals surface area contributed by atoms with Crippen molar-refractivity contribution in [3.63, 3.8) is 0 Å².